The number of hydrogen-bond acceptors (Lipinski definition) is 5. The van der Waals surface area contributed by atoms with Crippen LogP contribution >= 0.6 is 0 Å². The largest absolute Gasteiger partial charge is 0.336 e. The zero-order chi connectivity index (χ0) is 18.5. The maximum Gasteiger partial charge on any atom is 0.276 e. The van der Waals surface area contributed by atoms with E-state index in [2.05, 4.69) is 20.8 Å². The Bertz CT molecular complexity index is 999. The van der Waals surface area contributed by atoms with Gasteiger partial charge in [0.15, 0.2) is 11.5 Å². The molecular weight excluding hydrogens is 340 g/mol. The van der Waals surface area contributed by atoms with E-state index in [1.54, 1.807) is 18.2 Å². The summed E-state index contributed by atoms with van der Waals surface area (Å²) >= 11 is 0. The quantitative estimate of drug-likeness (QED) is 0.749. The number of halogens is 2. The summed E-state index contributed by atoms with van der Waals surface area (Å²) in [6.07, 6.45) is 0. The second kappa shape index (κ2) is 7.36. The van der Waals surface area contributed by atoms with Gasteiger partial charge < -0.3 is 10.6 Å². The Balaban J connectivity index is 1.70. The van der Waals surface area contributed by atoms with E-state index in [1.165, 1.54) is 24.3 Å². The summed E-state index contributed by atoms with van der Waals surface area (Å²) in [4.78, 5) is 12.2. The number of aromatic nitrogens is 2. The summed E-state index contributed by atoms with van der Waals surface area (Å²) in [5.74, 6) is -1.77. The molecule has 0 saturated carbocycles. The molecule has 3 aromatic rings. The van der Waals surface area contributed by atoms with Gasteiger partial charge in [-0.25, -0.2) is 8.78 Å². The fourth-order valence-electron chi connectivity index (χ4n) is 2.11. The van der Waals surface area contributed by atoms with Crippen molar-refractivity contribution in [2.45, 2.75) is 0 Å². The standard InChI is InChI=1S/C18H11F2N5O/c19-12-4-5-15(14(20)9-12)23-17-7-6-16(24-25-17)18(26)22-13-3-1-2-11(8-13)10-21/h1-9H,(H,22,26)(H,23,25). The van der Waals surface area contributed by atoms with Crippen molar-refractivity contribution in [2.75, 3.05) is 10.6 Å². The second-order valence-corrected chi connectivity index (χ2v) is 5.20. The van der Waals surface area contributed by atoms with Gasteiger partial charge in [0.1, 0.15) is 11.6 Å². The topological polar surface area (TPSA) is 90.7 Å². The van der Waals surface area contributed by atoms with Crippen LogP contribution in [0.5, 0.6) is 0 Å². The predicted octanol–water partition coefficient (Wildman–Crippen LogP) is 3.62. The van der Waals surface area contributed by atoms with Crippen molar-refractivity contribution in [1.29, 1.82) is 5.26 Å². The summed E-state index contributed by atoms with van der Waals surface area (Å²) < 4.78 is 26.5. The van der Waals surface area contributed by atoms with Crippen LogP contribution in [0.15, 0.2) is 54.6 Å². The van der Waals surface area contributed by atoms with Crippen molar-refractivity contribution < 1.29 is 13.6 Å². The zero-order valence-electron chi connectivity index (χ0n) is 13.2. The van der Waals surface area contributed by atoms with Crippen molar-refractivity contribution in [1.82, 2.24) is 10.2 Å². The van der Waals surface area contributed by atoms with Gasteiger partial charge in [-0.05, 0) is 42.5 Å². The summed E-state index contributed by atoms with van der Waals surface area (Å²) in [5, 5.41) is 21.7. The smallest absolute Gasteiger partial charge is 0.276 e. The number of nitrogens with one attached hydrogen (secondary N) is 2. The van der Waals surface area contributed by atoms with Crippen LogP contribution in [0.25, 0.3) is 0 Å². The Labute approximate surface area is 147 Å². The summed E-state index contributed by atoms with van der Waals surface area (Å²) in [6.45, 7) is 0. The molecule has 0 aliphatic carbocycles. The van der Waals surface area contributed by atoms with Crippen molar-refractivity contribution in [2.24, 2.45) is 0 Å². The predicted molar refractivity (Wildman–Crippen MR) is 90.8 cm³/mol. The lowest BCUT2D eigenvalue weighted by atomic mass is 10.2. The van der Waals surface area contributed by atoms with Crippen LogP contribution in [0.1, 0.15) is 16.1 Å². The first-order valence-corrected chi connectivity index (χ1v) is 7.42. The average Bonchev–Trinajstić information content (AvgIpc) is 2.64. The molecule has 0 fully saturated rings. The molecule has 0 bridgehead atoms. The normalized spacial score (nSPS) is 10.0. The fraction of sp³-hybridized carbons (Fsp3) is 0. The Morgan fingerprint density at radius 3 is 2.58 bits per heavy atom. The highest BCUT2D eigenvalue weighted by atomic mass is 19.1. The van der Waals surface area contributed by atoms with Crippen LogP contribution < -0.4 is 10.6 Å². The first-order valence-electron chi connectivity index (χ1n) is 7.42. The van der Waals surface area contributed by atoms with E-state index in [-0.39, 0.29) is 17.2 Å². The van der Waals surface area contributed by atoms with E-state index in [0.29, 0.717) is 11.3 Å². The highest BCUT2D eigenvalue weighted by Crippen LogP contribution is 2.19. The molecule has 3 rings (SSSR count). The van der Waals surface area contributed by atoms with E-state index >= 15 is 0 Å². The lowest BCUT2D eigenvalue weighted by Gasteiger charge is -2.07. The maximum absolute atomic E-state index is 13.6. The number of nitrogens with zero attached hydrogens (tertiary/aromatic N) is 3. The van der Waals surface area contributed by atoms with E-state index in [4.69, 9.17) is 5.26 Å². The highest BCUT2D eigenvalue weighted by molar-refractivity contribution is 6.02. The van der Waals surface area contributed by atoms with Crippen LogP contribution in [0, 0.1) is 23.0 Å². The summed E-state index contributed by atoms with van der Waals surface area (Å²) in [6, 6.07) is 14.3. The Morgan fingerprint density at radius 2 is 1.88 bits per heavy atom. The Morgan fingerprint density at radius 1 is 1.04 bits per heavy atom. The van der Waals surface area contributed by atoms with Crippen LogP contribution in [-0.4, -0.2) is 16.1 Å². The molecule has 0 aliphatic heterocycles. The number of benzene rings is 2. The molecule has 26 heavy (non-hydrogen) atoms. The van der Waals surface area contributed by atoms with Crippen LogP contribution in [0.4, 0.5) is 26.0 Å². The number of carbonyl (C=O) groups is 1. The zero-order valence-corrected chi connectivity index (χ0v) is 13.2. The molecule has 128 valence electrons. The molecule has 2 N–H and O–H groups in total. The molecular formula is C18H11F2N5O. The lowest BCUT2D eigenvalue weighted by molar-refractivity contribution is 0.102. The molecule has 0 atom stereocenters. The first kappa shape index (κ1) is 17.0. The Hall–Kier alpha value is -3.86. The third-order valence-electron chi connectivity index (χ3n) is 3.34. The first-order chi connectivity index (χ1) is 12.5. The number of anilines is 3. The molecule has 0 unspecified atom stereocenters. The fourth-order valence-corrected chi connectivity index (χ4v) is 2.11. The molecule has 1 heterocycles. The van der Waals surface area contributed by atoms with E-state index in [0.717, 1.165) is 12.1 Å². The minimum absolute atomic E-state index is 0.0335. The van der Waals surface area contributed by atoms with Gasteiger partial charge in [-0.15, -0.1) is 10.2 Å². The highest BCUT2D eigenvalue weighted by Gasteiger charge is 2.10. The Kier molecular flexibility index (Phi) is 4.80. The summed E-state index contributed by atoms with van der Waals surface area (Å²) in [7, 11) is 0. The number of amides is 1. The van der Waals surface area contributed by atoms with Crippen molar-refractivity contribution in [3.8, 4) is 6.07 Å². The third-order valence-corrected chi connectivity index (χ3v) is 3.34. The van der Waals surface area contributed by atoms with Gasteiger partial charge in [0.25, 0.3) is 5.91 Å². The van der Waals surface area contributed by atoms with Gasteiger partial charge >= 0.3 is 0 Å². The van der Waals surface area contributed by atoms with Crippen LogP contribution in [-0.2, 0) is 0 Å². The minimum atomic E-state index is -0.772. The third kappa shape index (κ3) is 3.96. The van der Waals surface area contributed by atoms with Gasteiger partial charge in [-0.1, -0.05) is 6.07 Å². The second-order valence-electron chi connectivity index (χ2n) is 5.20. The van der Waals surface area contributed by atoms with Crippen molar-refractivity contribution >= 4 is 23.1 Å². The summed E-state index contributed by atoms with van der Waals surface area (Å²) in [5.41, 5.74) is 0.935. The number of nitriles is 1. The molecule has 0 spiro atoms. The maximum atomic E-state index is 13.6. The number of hydrogen-bond donors (Lipinski definition) is 2. The molecule has 1 aromatic heterocycles. The van der Waals surface area contributed by atoms with E-state index in [1.807, 2.05) is 6.07 Å². The molecule has 2 aromatic carbocycles. The van der Waals surface area contributed by atoms with Crippen molar-refractivity contribution in [3.63, 3.8) is 0 Å². The molecule has 8 heteroatoms. The SMILES string of the molecule is N#Cc1cccc(NC(=O)c2ccc(Nc3ccc(F)cc3F)nn2)c1. The molecule has 0 saturated heterocycles. The van der Waals surface area contributed by atoms with Crippen molar-refractivity contribution in [3.05, 3.63) is 77.5 Å². The molecule has 1 amide bonds. The molecule has 0 radical (unpaired) electrons. The van der Waals surface area contributed by atoms with Crippen LogP contribution in [0.3, 0.4) is 0 Å². The van der Waals surface area contributed by atoms with Gasteiger partial charge in [-0.2, -0.15) is 5.26 Å². The van der Waals surface area contributed by atoms with Crippen LogP contribution in [0.2, 0.25) is 0 Å². The number of carbonyl (C=O) groups excluding carboxylic acids is 1. The number of rotatable bonds is 4. The van der Waals surface area contributed by atoms with E-state index < -0.39 is 17.5 Å². The molecule has 6 nitrogen and oxygen atoms in total. The monoisotopic (exact) mass is 351 g/mol. The van der Waals surface area contributed by atoms with E-state index in [9.17, 15) is 13.6 Å². The van der Waals surface area contributed by atoms with Gasteiger partial charge in [0.2, 0.25) is 0 Å². The molecule has 0 aliphatic rings. The van der Waals surface area contributed by atoms with Gasteiger partial charge in [0.05, 0.1) is 17.3 Å². The lowest BCUT2D eigenvalue weighted by Crippen LogP contribution is -2.14. The van der Waals surface area contributed by atoms with Gasteiger partial charge in [-0.3, -0.25) is 4.79 Å². The minimum Gasteiger partial charge on any atom is -0.336 e. The van der Waals surface area contributed by atoms with Gasteiger partial charge in [0, 0.05) is 11.8 Å². The average molecular weight is 351 g/mol.